The summed E-state index contributed by atoms with van der Waals surface area (Å²) in [5.74, 6) is 0.911. The summed E-state index contributed by atoms with van der Waals surface area (Å²) in [6.45, 7) is 4.24. The zero-order chi connectivity index (χ0) is 16.8. The van der Waals surface area contributed by atoms with Crippen LogP contribution in [0.5, 0.6) is 0 Å². The Morgan fingerprint density at radius 3 is 2.42 bits per heavy atom. The molecule has 24 heavy (non-hydrogen) atoms. The maximum absolute atomic E-state index is 12.3. The number of carbonyl (C=O) groups is 1. The summed E-state index contributed by atoms with van der Waals surface area (Å²) in [5, 5.41) is 2.94. The third kappa shape index (κ3) is 4.54. The van der Waals surface area contributed by atoms with Gasteiger partial charge in [-0.25, -0.2) is 0 Å². The van der Waals surface area contributed by atoms with Crippen LogP contribution in [0.3, 0.4) is 0 Å². The number of hydrogen-bond donors (Lipinski definition) is 1. The minimum absolute atomic E-state index is 0.0600. The van der Waals surface area contributed by atoms with E-state index in [4.69, 9.17) is 0 Å². The third-order valence-electron chi connectivity index (χ3n) is 4.32. The number of nitrogens with one attached hydrogen (secondary N) is 1. The number of amides is 1. The van der Waals surface area contributed by atoms with Crippen molar-refractivity contribution in [3.05, 3.63) is 60.2 Å². The molecule has 1 amide bonds. The van der Waals surface area contributed by atoms with Crippen LogP contribution in [0, 0.1) is 0 Å². The molecule has 0 bridgehead atoms. The number of rotatable bonds is 6. The third-order valence-corrected chi connectivity index (χ3v) is 5.53. The zero-order valence-corrected chi connectivity index (χ0v) is 14.9. The number of nitrogens with zero attached hydrogens (tertiary/aromatic N) is 1. The number of benzene rings is 2. The quantitative estimate of drug-likeness (QED) is 0.837. The Morgan fingerprint density at radius 1 is 1.08 bits per heavy atom. The van der Waals surface area contributed by atoms with Gasteiger partial charge in [0.25, 0.3) is 0 Å². The summed E-state index contributed by atoms with van der Waals surface area (Å²) in [6.07, 6.45) is 2.54. The first-order chi connectivity index (χ1) is 11.7. The fourth-order valence-electron chi connectivity index (χ4n) is 2.85. The topological polar surface area (TPSA) is 32.3 Å². The second-order valence-electron chi connectivity index (χ2n) is 6.17. The minimum atomic E-state index is -0.0801. The van der Waals surface area contributed by atoms with E-state index in [9.17, 15) is 4.79 Å². The normalized spacial score (nSPS) is 15.3. The summed E-state index contributed by atoms with van der Waals surface area (Å²) < 4.78 is 0. The molecule has 1 N–H and O–H groups in total. The zero-order valence-electron chi connectivity index (χ0n) is 14.1. The van der Waals surface area contributed by atoms with E-state index >= 15 is 0 Å². The van der Waals surface area contributed by atoms with E-state index in [-0.39, 0.29) is 11.2 Å². The molecule has 2 aromatic rings. The second kappa shape index (κ2) is 8.25. The standard InChI is InChI=1S/C20H24N2OS/c1-16(24-15-17-7-3-2-4-8-17)20(23)21-18-9-11-19(12-10-18)22-13-5-6-14-22/h2-4,7-12,16H,5-6,13-15H2,1H3,(H,21,23). The molecule has 1 aliphatic rings. The van der Waals surface area contributed by atoms with Crippen molar-refractivity contribution in [1.29, 1.82) is 0 Å². The van der Waals surface area contributed by atoms with Gasteiger partial charge in [0.15, 0.2) is 0 Å². The van der Waals surface area contributed by atoms with Crippen molar-refractivity contribution in [2.75, 3.05) is 23.3 Å². The smallest absolute Gasteiger partial charge is 0.237 e. The maximum Gasteiger partial charge on any atom is 0.237 e. The highest BCUT2D eigenvalue weighted by atomic mass is 32.2. The van der Waals surface area contributed by atoms with Crippen molar-refractivity contribution >= 4 is 29.0 Å². The van der Waals surface area contributed by atoms with Crippen molar-refractivity contribution in [2.45, 2.75) is 30.8 Å². The molecule has 1 atom stereocenters. The van der Waals surface area contributed by atoms with E-state index in [0.717, 1.165) is 24.5 Å². The largest absolute Gasteiger partial charge is 0.372 e. The maximum atomic E-state index is 12.3. The SMILES string of the molecule is CC(SCc1ccccc1)C(=O)Nc1ccc(N2CCCC2)cc1. The fourth-order valence-corrected chi connectivity index (χ4v) is 3.69. The molecule has 0 saturated carbocycles. The molecule has 1 aliphatic heterocycles. The predicted octanol–water partition coefficient (Wildman–Crippen LogP) is 4.55. The van der Waals surface area contributed by atoms with Crippen molar-refractivity contribution in [2.24, 2.45) is 0 Å². The lowest BCUT2D eigenvalue weighted by molar-refractivity contribution is -0.115. The molecule has 1 fully saturated rings. The molecule has 1 saturated heterocycles. The molecule has 126 valence electrons. The summed E-state index contributed by atoms with van der Waals surface area (Å²) in [7, 11) is 0. The first-order valence-corrected chi connectivity index (χ1v) is 9.58. The van der Waals surface area contributed by atoms with E-state index in [1.165, 1.54) is 24.1 Å². The molecular formula is C20H24N2OS. The Kier molecular flexibility index (Phi) is 5.81. The molecule has 0 spiro atoms. The van der Waals surface area contributed by atoms with Gasteiger partial charge in [0.05, 0.1) is 5.25 Å². The Hall–Kier alpha value is -1.94. The lowest BCUT2D eigenvalue weighted by Crippen LogP contribution is -2.22. The Bertz CT molecular complexity index is 651. The van der Waals surface area contributed by atoms with Gasteiger partial charge < -0.3 is 10.2 Å². The molecule has 2 aromatic carbocycles. The van der Waals surface area contributed by atoms with E-state index in [0.29, 0.717) is 0 Å². The van der Waals surface area contributed by atoms with Crippen LogP contribution in [-0.2, 0) is 10.5 Å². The molecule has 1 unspecified atom stereocenters. The first-order valence-electron chi connectivity index (χ1n) is 8.54. The molecule has 0 aliphatic carbocycles. The summed E-state index contributed by atoms with van der Waals surface area (Å²) in [4.78, 5) is 14.7. The van der Waals surface area contributed by atoms with Crippen LogP contribution in [0.4, 0.5) is 11.4 Å². The van der Waals surface area contributed by atoms with Gasteiger partial charge in [0, 0.05) is 30.2 Å². The fraction of sp³-hybridized carbons (Fsp3) is 0.350. The van der Waals surface area contributed by atoms with Crippen LogP contribution in [0.15, 0.2) is 54.6 Å². The minimum Gasteiger partial charge on any atom is -0.372 e. The van der Waals surface area contributed by atoms with Crippen LogP contribution in [0.2, 0.25) is 0 Å². The monoisotopic (exact) mass is 340 g/mol. The van der Waals surface area contributed by atoms with Gasteiger partial charge in [-0.15, -0.1) is 11.8 Å². The second-order valence-corrected chi connectivity index (χ2v) is 7.50. The van der Waals surface area contributed by atoms with Gasteiger partial charge in [0.2, 0.25) is 5.91 Å². The van der Waals surface area contributed by atoms with Crippen LogP contribution in [0.1, 0.15) is 25.3 Å². The van der Waals surface area contributed by atoms with Crippen LogP contribution >= 0.6 is 11.8 Å². The number of hydrogen-bond acceptors (Lipinski definition) is 3. The van der Waals surface area contributed by atoms with Gasteiger partial charge in [-0.3, -0.25) is 4.79 Å². The summed E-state index contributed by atoms with van der Waals surface area (Å²) in [5.41, 5.74) is 3.37. The molecular weight excluding hydrogens is 316 g/mol. The van der Waals surface area contributed by atoms with Crippen LogP contribution in [0.25, 0.3) is 0 Å². The molecule has 3 rings (SSSR count). The molecule has 0 aromatic heterocycles. The average molecular weight is 340 g/mol. The highest BCUT2D eigenvalue weighted by Gasteiger charge is 2.15. The van der Waals surface area contributed by atoms with Gasteiger partial charge in [-0.1, -0.05) is 30.3 Å². The number of anilines is 2. The molecule has 0 radical (unpaired) electrons. The van der Waals surface area contributed by atoms with E-state index in [1.54, 1.807) is 11.8 Å². The van der Waals surface area contributed by atoms with Crippen LogP contribution in [-0.4, -0.2) is 24.2 Å². The molecule has 3 nitrogen and oxygen atoms in total. The van der Waals surface area contributed by atoms with E-state index in [2.05, 4.69) is 34.5 Å². The Labute approximate surface area is 148 Å². The predicted molar refractivity (Wildman–Crippen MR) is 104 cm³/mol. The Balaban J connectivity index is 1.50. The molecule has 4 heteroatoms. The highest BCUT2D eigenvalue weighted by molar-refractivity contribution is 7.99. The summed E-state index contributed by atoms with van der Waals surface area (Å²) in [6, 6.07) is 18.5. The van der Waals surface area contributed by atoms with Crippen LogP contribution < -0.4 is 10.2 Å². The number of thioether (sulfide) groups is 1. The Morgan fingerprint density at radius 2 is 1.75 bits per heavy atom. The lowest BCUT2D eigenvalue weighted by Gasteiger charge is -2.18. The summed E-state index contributed by atoms with van der Waals surface area (Å²) >= 11 is 1.66. The van der Waals surface area contributed by atoms with Crippen molar-refractivity contribution in [3.8, 4) is 0 Å². The van der Waals surface area contributed by atoms with Gasteiger partial charge in [-0.2, -0.15) is 0 Å². The number of carbonyl (C=O) groups excluding carboxylic acids is 1. The lowest BCUT2D eigenvalue weighted by atomic mass is 10.2. The van der Waals surface area contributed by atoms with Crippen molar-refractivity contribution < 1.29 is 4.79 Å². The van der Waals surface area contributed by atoms with Crippen molar-refractivity contribution in [1.82, 2.24) is 0 Å². The highest BCUT2D eigenvalue weighted by Crippen LogP contribution is 2.23. The van der Waals surface area contributed by atoms with Gasteiger partial charge in [0.1, 0.15) is 0 Å². The first kappa shape index (κ1) is 16.9. The van der Waals surface area contributed by atoms with Crippen molar-refractivity contribution in [3.63, 3.8) is 0 Å². The van der Waals surface area contributed by atoms with E-state index in [1.807, 2.05) is 37.3 Å². The van der Waals surface area contributed by atoms with Gasteiger partial charge in [-0.05, 0) is 49.6 Å². The average Bonchev–Trinajstić information content (AvgIpc) is 3.16. The van der Waals surface area contributed by atoms with Gasteiger partial charge >= 0.3 is 0 Å². The molecule has 1 heterocycles. The van der Waals surface area contributed by atoms with E-state index < -0.39 is 0 Å².